The number of aromatic nitrogens is 1. The van der Waals surface area contributed by atoms with E-state index in [-0.39, 0.29) is 5.69 Å². The summed E-state index contributed by atoms with van der Waals surface area (Å²) in [7, 11) is 0. The number of pyridine rings is 1. The molecule has 2 aliphatic rings. The molecule has 6 nitrogen and oxygen atoms in total. The van der Waals surface area contributed by atoms with Crippen molar-refractivity contribution < 1.29 is 4.92 Å². The summed E-state index contributed by atoms with van der Waals surface area (Å²) in [6, 6.07) is 4.23. The normalized spacial score (nSPS) is 26.9. The maximum atomic E-state index is 10.6. The molecule has 19 heavy (non-hydrogen) atoms. The van der Waals surface area contributed by atoms with Crippen LogP contribution in [0.25, 0.3) is 0 Å². The molecule has 2 saturated heterocycles. The van der Waals surface area contributed by atoms with E-state index in [0.29, 0.717) is 12.1 Å². The lowest BCUT2D eigenvalue weighted by molar-refractivity contribution is -0.385. The average molecular weight is 262 g/mol. The fraction of sp³-hybridized carbons (Fsp3) is 0.615. The van der Waals surface area contributed by atoms with Crippen LogP contribution in [0.5, 0.6) is 0 Å². The number of piperidine rings is 1. The van der Waals surface area contributed by atoms with Crippen LogP contribution in [0.4, 0.5) is 11.5 Å². The zero-order valence-corrected chi connectivity index (χ0v) is 10.8. The van der Waals surface area contributed by atoms with Gasteiger partial charge in [-0.2, -0.15) is 0 Å². The van der Waals surface area contributed by atoms with Crippen LogP contribution < -0.4 is 5.32 Å². The molecule has 1 aromatic heterocycles. The first-order valence-corrected chi connectivity index (χ1v) is 6.85. The van der Waals surface area contributed by atoms with Gasteiger partial charge in [-0.3, -0.25) is 15.0 Å². The van der Waals surface area contributed by atoms with Crippen molar-refractivity contribution in [2.45, 2.75) is 37.8 Å². The van der Waals surface area contributed by atoms with Crippen molar-refractivity contribution in [3.05, 3.63) is 28.4 Å². The van der Waals surface area contributed by atoms with E-state index in [0.717, 1.165) is 18.8 Å². The van der Waals surface area contributed by atoms with Crippen molar-refractivity contribution in [2.24, 2.45) is 0 Å². The highest BCUT2D eigenvalue weighted by molar-refractivity contribution is 5.41. The molecule has 1 aromatic rings. The van der Waals surface area contributed by atoms with Crippen LogP contribution in [-0.4, -0.2) is 40.0 Å². The van der Waals surface area contributed by atoms with Gasteiger partial charge in [0.15, 0.2) is 0 Å². The molecule has 0 aromatic carbocycles. The highest BCUT2D eigenvalue weighted by Gasteiger charge is 2.35. The molecule has 2 fully saturated rings. The molecule has 1 N–H and O–H groups in total. The minimum absolute atomic E-state index is 0.0382. The lowest BCUT2D eigenvalue weighted by Crippen LogP contribution is -2.41. The van der Waals surface area contributed by atoms with Gasteiger partial charge < -0.3 is 5.32 Å². The summed E-state index contributed by atoms with van der Waals surface area (Å²) < 4.78 is 0. The van der Waals surface area contributed by atoms with E-state index in [4.69, 9.17) is 0 Å². The lowest BCUT2D eigenvalue weighted by Gasteiger charge is -2.32. The maximum Gasteiger partial charge on any atom is 0.287 e. The molecule has 6 heteroatoms. The Morgan fingerprint density at radius 2 is 2.21 bits per heavy atom. The fourth-order valence-electron chi connectivity index (χ4n) is 3.19. The zero-order valence-electron chi connectivity index (χ0n) is 10.8. The van der Waals surface area contributed by atoms with E-state index in [9.17, 15) is 10.1 Å². The maximum absolute atomic E-state index is 10.6. The van der Waals surface area contributed by atoms with E-state index < -0.39 is 4.92 Å². The van der Waals surface area contributed by atoms with Crippen LogP contribution in [0.15, 0.2) is 18.3 Å². The van der Waals surface area contributed by atoms with Gasteiger partial charge in [0.1, 0.15) is 12.0 Å². The smallest absolute Gasteiger partial charge is 0.287 e. The third-order valence-electron chi connectivity index (χ3n) is 4.15. The Morgan fingerprint density at radius 1 is 1.32 bits per heavy atom. The molecule has 0 saturated carbocycles. The average Bonchev–Trinajstić information content (AvgIpc) is 2.83. The summed E-state index contributed by atoms with van der Waals surface area (Å²) >= 11 is 0. The molecule has 0 spiro atoms. The summed E-state index contributed by atoms with van der Waals surface area (Å²) in [6.07, 6.45) is 6.29. The van der Waals surface area contributed by atoms with Gasteiger partial charge in [-0.25, -0.2) is 4.98 Å². The Labute approximate surface area is 112 Å². The second kappa shape index (κ2) is 5.13. The molecule has 0 aliphatic carbocycles. The number of nitrogens with one attached hydrogen (secondary N) is 1. The van der Waals surface area contributed by atoms with Crippen LogP contribution in [0, 0.1) is 10.1 Å². The number of fused-ring (bicyclic) bond motifs is 1. The van der Waals surface area contributed by atoms with E-state index in [1.54, 1.807) is 6.07 Å². The summed E-state index contributed by atoms with van der Waals surface area (Å²) in [5.41, 5.74) is 0.0382. The van der Waals surface area contributed by atoms with Crippen molar-refractivity contribution >= 4 is 11.5 Å². The molecule has 2 aliphatic heterocycles. The minimum Gasteiger partial charge on any atom is -0.366 e. The van der Waals surface area contributed by atoms with Crippen molar-refractivity contribution in [3.63, 3.8) is 0 Å². The first-order chi connectivity index (χ1) is 9.24. The highest BCUT2D eigenvalue weighted by Crippen LogP contribution is 2.29. The van der Waals surface area contributed by atoms with Crippen molar-refractivity contribution in [1.29, 1.82) is 0 Å². The van der Waals surface area contributed by atoms with Crippen LogP contribution >= 0.6 is 0 Å². The Kier molecular flexibility index (Phi) is 3.33. The van der Waals surface area contributed by atoms with E-state index in [2.05, 4.69) is 15.2 Å². The molecule has 0 amide bonds. The largest absolute Gasteiger partial charge is 0.366 e. The van der Waals surface area contributed by atoms with Gasteiger partial charge in [0.2, 0.25) is 0 Å². The first kappa shape index (κ1) is 12.3. The van der Waals surface area contributed by atoms with Gasteiger partial charge in [-0.05, 0) is 31.9 Å². The number of rotatable bonds is 3. The van der Waals surface area contributed by atoms with Crippen LogP contribution in [-0.2, 0) is 0 Å². The molecule has 102 valence electrons. The topological polar surface area (TPSA) is 71.3 Å². The van der Waals surface area contributed by atoms with E-state index in [1.807, 2.05) is 0 Å². The molecule has 0 unspecified atom stereocenters. The van der Waals surface area contributed by atoms with Gasteiger partial charge in [0.25, 0.3) is 5.69 Å². The monoisotopic (exact) mass is 262 g/mol. The number of hydrogen-bond donors (Lipinski definition) is 1. The third-order valence-corrected chi connectivity index (χ3v) is 4.15. The van der Waals surface area contributed by atoms with Gasteiger partial charge >= 0.3 is 0 Å². The first-order valence-electron chi connectivity index (χ1n) is 6.85. The second-order valence-electron chi connectivity index (χ2n) is 5.30. The summed E-state index contributed by atoms with van der Waals surface area (Å²) in [6.45, 7) is 2.35. The SMILES string of the molecule is O=[N+]([O-])c1ccc(N[C@@H]2CCN3CCCC[C@@H]23)nc1. The molecule has 0 bridgehead atoms. The zero-order chi connectivity index (χ0) is 13.2. The van der Waals surface area contributed by atoms with Gasteiger partial charge in [-0.15, -0.1) is 0 Å². The number of anilines is 1. The fourth-order valence-corrected chi connectivity index (χ4v) is 3.19. The van der Waals surface area contributed by atoms with Crippen LogP contribution in [0.3, 0.4) is 0 Å². The standard InChI is InChI=1S/C13H18N4O2/c18-17(19)10-4-5-13(14-9-10)15-11-6-8-16-7-2-1-3-12(11)16/h4-5,9,11-12H,1-3,6-8H2,(H,14,15)/t11-,12+/m1/s1. The number of nitrogens with zero attached hydrogens (tertiary/aromatic N) is 3. The number of nitro groups is 1. The molecule has 3 heterocycles. The molecule has 0 radical (unpaired) electrons. The van der Waals surface area contributed by atoms with Crippen LogP contribution in [0.2, 0.25) is 0 Å². The third kappa shape index (κ3) is 2.53. The highest BCUT2D eigenvalue weighted by atomic mass is 16.6. The van der Waals surface area contributed by atoms with Crippen molar-refractivity contribution in [3.8, 4) is 0 Å². The Hall–Kier alpha value is -1.69. The molecule has 2 atom stereocenters. The summed E-state index contributed by atoms with van der Waals surface area (Å²) in [4.78, 5) is 16.8. The minimum atomic E-state index is -0.421. The predicted octanol–water partition coefficient (Wildman–Crippen LogP) is 2.03. The molecular formula is C13H18N4O2. The Bertz CT molecular complexity index is 462. The quantitative estimate of drug-likeness (QED) is 0.666. The van der Waals surface area contributed by atoms with E-state index in [1.165, 1.54) is 38.1 Å². The number of hydrogen-bond acceptors (Lipinski definition) is 5. The van der Waals surface area contributed by atoms with Gasteiger partial charge in [0.05, 0.1) is 4.92 Å². The lowest BCUT2D eigenvalue weighted by atomic mass is 9.99. The van der Waals surface area contributed by atoms with Crippen molar-refractivity contribution in [2.75, 3.05) is 18.4 Å². The molecule has 3 rings (SSSR count). The van der Waals surface area contributed by atoms with Gasteiger partial charge in [0, 0.05) is 24.7 Å². The van der Waals surface area contributed by atoms with Crippen molar-refractivity contribution in [1.82, 2.24) is 9.88 Å². The molecular weight excluding hydrogens is 244 g/mol. The Balaban J connectivity index is 1.66. The Morgan fingerprint density at radius 3 is 2.95 bits per heavy atom. The second-order valence-corrected chi connectivity index (χ2v) is 5.30. The van der Waals surface area contributed by atoms with E-state index >= 15 is 0 Å². The predicted molar refractivity (Wildman–Crippen MR) is 72.1 cm³/mol. The summed E-state index contributed by atoms with van der Waals surface area (Å²) in [5.74, 6) is 0.739. The summed E-state index contributed by atoms with van der Waals surface area (Å²) in [5, 5.41) is 14.0. The van der Waals surface area contributed by atoms with Gasteiger partial charge in [-0.1, -0.05) is 6.42 Å². The van der Waals surface area contributed by atoms with Crippen LogP contribution in [0.1, 0.15) is 25.7 Å².